The fourth-order valence-corrected chi connectivity index (χ4v) is 4.44. The molecule has 0 aliphatic rings. The minimum absolute atomic E-state index is 0.0152. The van der Waals surface area contributed by atoms with Crippen molar-refractivity contribution < 1.29 is 27.8 Å². The van der Waals surface area contributed by atoms with Crippen molar-refractivity contribution in [2.75, 3.05) is 25.1 Å². The molecule has 0 fully saturated rings. The zero-order valence-electron chi connectivity index (χ0n) is 18.9. The molecule has 0 atom stereocenters. The Hall–Kier alpha value is -4.05. The van der Waals surface area contributed by atoms with Crippen LogP contribution in [-0.4, -0.2) is 46.4 Å². The molecule has 34 heavy (non-hydrogen) atoms. The van der Waals surface area contributed by atoms with Gasteiger partial charge in [0.25, 0.3) is 15.9 Å². The third-order valence-corrected chi connectivity index (χ3v) is 6.65. The predicted molar refractivity (Wildman–Crippen MR) is 129 cm³/mol. The number of nitrogens with zero attached hydrogens (tertiary/aromatic N) is 2. The Morgan fingerprint density at radius 1 is 1.03 bits per heavy atom. The molecular formula is C24H25N3O6S. The molecule has 178 valence electrons. The molecule has 0 saturated heterocycles. The van der Waals surface area contributed by atoms with E-state index in [9.17, 15) is 18.3 Å². The van der Waals surface area contributed by atoms with Crippen molar-refractivity contribution >= 4 is 27.8 Å². The van der Waals surface area contributed by atoms with E-state index in [1.807, 2.05) is 6.92 Å². The van der Waals surface area contributed by atoms with Gasteiger partial charge >= 0.3 is 0 Å². The number of sulfonamides is 1. The second kappa shape index (κ2) is 10.7. The zero-order valence-corrected chi connectivity index (χ0v) is 19.7. The van der Waals surface area contributed by atoms with Crippen LogP contribution in [0.2, 0.25) is 0 Å². The summed E-state index contributed by atoms with van der Waals surface area (Å²) in [6.45, 7) is 1.39. The Bertz CT molecular complexity index is 1270. The van der Waals surface area contributed by atoms with Gasteiger partial charge in [-0.15, -0.1) is 0 Å². The summed E-state index contributed by atoms with van der Waals surface area (Å²) in [5.74, 6) is 0.103. The van der Waals surface area contributed by atoms with Crippen molar-refractivity contribution in [1.29, 1.82) is 0 Å². The molecular weight excluding hydrogens is 458 g/mol. The van der Waals surface area contributed by atoms with Gasteiger partial charge in [0.15, 0.2) is 11.5 Å². The van der Waals surface area contributed by atoms with Crippen molar-refractivity contribution in [3.63, 3.8) is 0 Å². The number of rotatable bonds is 9. The molecule has 0 unspecified atom stereocenters. The molecule has 2 N–H and O–H groups in total. The fraction of sp³-hybridized carbons (Fsp3) is 0.167. The van der Waals surface area contributed by atoms with Crippen molar-refractivity contribution in [1.82, 2.24) is 5.43 Å². The molecule has 0 heterocycles. The van der Waals surface area contributed by atoms with Gasteiger partial charge in [-0.2, -0.15) is 5.10 Å². The van der Waals surface area contributed by atoms with E-state index in [4.69, 9.17) is 9.47 Å². The maximum Gasteiger partial charge on any atom is 0.264 e. The number of methoxy groups -OCH3 is 2. The third-order valence-electron chi connectivity index (χ3n) is 4.86. The Labute approximate surface area is 198 Å². The Balaban J connectivity index is 1.82. The normalized spacial score (nSPS) is 11.3. The summed E-state index contributed by atoms with van der Waals surface area (Å²) in [6, 6.07) is 17.3. The average molecular weight is 484 g/mol. The second-order valence-corrected chi connectivity index (χ2v) is 9.11. The van der Waals surface area contributed by atoms with Crippen molar-refractivity contribution in [2.24, 2.45) is 5.10 Å². The SMILES string of the molecule is COc1ccc(S(=O)(=O)N(CC(=O)N/N=C\c2ccc(O)c(OC)c2)c2ccc(C)cc2)cc1. The summed E-state index contributed by atoms with van der Waals surface area (Å²) in [7, 11) is -1.15. The van der Waals surface area contributed by atoms with Gasteiger partial charge in [0, 0.05) is 0 Å². The number of nitrogens with one attached hydrogen (secondary N) is 1. The van der Waals surface area contributed by atoms with Gasteiger partial charge in [-0.1, -0.05) is 17.7 Å². The fourth-order valence-electron chi connectivity index (χ4n) is 3.02. The highest BCUT2D eigenvalue weighted by Gasteiger charge is 2.27. The summed E-state index contributed by atoms with van der Waals surface area (Å²) in [5.41, 5.74) is 4.19. The first-order valence-corrected chi connectivity index (χ1v) is 11.6. The van der Waals surface area contributed by atoms with Crippen molar-refractivity contribution in [3.8, 4) is 17.2 Å². The van der Waals surface area contributed by atoms with E-state index in [0.29, 0.717) is 17.0 Å². The molecule has 10 heteroatoms. The molecule has 0 aromatic heterocycles. The predicted octanol–water partition coefficient (Wildman–Crippen LogP) is 3.06. The number of anilines is 1. The second-order valence-electron chi connectivity index (χ2n) is 7.25. The minimum Gasteiger partial charge on any atom is -0.504 e. The highest BCUT2D eigenvalue weighted by atomic mass is 32.2. The van der Waals surface area contributed by atoms with E-state index in [-0.39, 0.29) is 16.4 Å². The Morgan fingerprint density at radius 3 is 2.32 bits per heavy atom. The molecule has 0 saturated carbocycles. The number of phenolic OH excluding ortho intramolecular Hbond substituents is 1. The number of ether oxygens (including phenoxy) is 2. The lowest BCUT2D eigenvalue weighted by Crippen LogP contribution is -2.39. The molecule has 1 amide bonds. The van der Waals surface area contributed by atoms with E-state index in [0.717, 1.165) is 9.87 Å². The zero-order chi connectivity index (χ0) is 24.7. The van der Waals surface area contributed by atoms with Crippen LogP contribution in [0.15, 0.2) is 76.7 Å². The highest BCUT2D eigenvalue weighted by Crippen LogP contribution is 2.26. The first-order chi connectivity index (χ1) is 16.2. The highest BCUT2D eigenvalue weighted by molar-refractivity contribution is 7.92. The Morgan fingerprint density at radius 2 is 1.71 bits per heavy atom. The minimum atomic E-state index is -4.06. The first kappa shape index (κ1) is 24.6. The summed E-state index contributed by atoms with van der Waals surface area (Å²) in [6.07, 6.45) is 1.36. The number of phenols is 1. The molecule has 0 spiro atoms. The van der Waals surface area contributed by atoms with Crippen molar-refractivity contribution in [2.45, 2.75) is 11.8 Å². The molecule has 0 radical (unpaired) electrons. The number of carbonyl (C=O) groups is 1. The first-order valence-electron chi connectivity index (χ1n) is 10.2. The number of amides is 1. The number of benzene rings is 3. The maximum absolute atomic E-state index is 13.4. The number of carbonyl (C=O) groups excluding carboxylic acids is 1. The van der Waals surface area contributed by atoms with Crippen LogP contribution in [0.5, 0.6) is 17.2 Å². The van der Waals surface area contributed by atoms with Gasteiger partial charge < -0.3 is 14.6 Å². The molecule has 3 aromatic rings. The number of hydrogen-bond acceptors (Lipinski definition) is 7. The molecule has 0 aliphatic carbocycles. The lowest BCUT2D eigenvalue weighted by molar-refractivity contribution is -0.119. The van der Waals surface area contributed by atoms with Gasteiger partial charge in [-0.25, -0.2) is 13.8 Å². The standard InChI is InChI=1S/C24H25N3O6S/c1-17-4-7-19(8-5-17)27(34(30,31)21-11-9-20(32-2)10-12-21)16-24(29)26-25-15-18-6-13-22(28)23(14-18)33-3/h4-15,28H,16H2,1-3H3,(H,26,29)/b25-15-. The quantitative estimate of drug-likeness (QED) is 0.357. The summed E-state index contributed by atoms with van der Waals surface area (Å²) >= 11 is 0. The van der Waals surface area contributed by atoms with Crippen LogP contribution in [0.3, 0.4) is 0 Å². The largest absolute Gasteiger partial charge is 0.504 e. The summed E-state index contributed by atoms with van der Waals surface area (Å²) in [4.78, 5) is 12.6. The molecule has 3 rings (SSSR count). The van der Waals surface area contributed by atoms with Gasteiger partial charge in [0.05, 0.1) is 31.0 Å². The van der Waals surface area contributed by atoms with E-state index in [2.05, 4.69) is 10.5 Å². The van der Waals surface area contributed by atoms with Gasteiger partial charge in [0.2, 0.25) is 0 Å². The monoisotopic (exact) mass is 483 g/mol. The van der Waals surface area contributed by atoms with Crippen LogP contribution in [-0.2, 0) is 14.8 Å². The number of hydrogen-bond donors (Lipinski definition) is 2. The van der Waals surface area contributed by atoms with Crippen molar-refractivity contribution in [3.05, 3.63) is 77.9 Å². The van der Waals surface area contributed by atoms with Crippen LogP contribution < -0.4 is 19.2 Å². The third kappa shape index (κ3) is 5.84. The molecule has 9 nitrogen and oxygen atoms in total. The van der Waals surface area contributed by atoms with E-state index in [1.165, 1.54) is 56.8 Å². The molecule has 0 aliphatic heterocycles. The van der Waals surface area contributed by atoms with Gasteiger partial charge in [-0.3, -0.25) is 9.10 Å². The lowest BCUT2D eigenvalue weighted by atomic mass is 10.2. The van der Waals surface area contributed by atoms with Gasteiger partial charge in [0.1, 0.15) is 12.3 Å². The molecule has 3 aromatic carbocycles. The average Bonchev–Trinajstić information content (AvgIpc) is 2.84. The van der Waals surface area contributed by atoms with Crippen LogP contribution in [0.1, 0.15) is 11.1 Å². The van der Waals surface area contributed by atoms with E-state index < -0.39 is 22.5 Å². The summed E-state index contributed by atoms with van der Waals surface area (Å²) < 4.78 is 37.9. The van der Waals surface area contributed by atoms with Crippen LogP contribution in [0, 0.1) is 6.92 Å². The van der Waals surface area contributed by atoms with Crippen LogP contribution in [0.25, 0.3) is 0 Å². The number of aryl methyl sites for hydroxylation is 1. The van der Waals surface area contributed by atoms with Crippen LogP contribution in [0.4, 0.5) is 5.69 Å². The lowest BCUT2D eigenvalue weighted by Gasteiger charge is -2.24. The topological polar surface area (TPSA) is 118 Å². The number of aromatic hydroxyl groups is 1. The van der Waals surface area contributed by atoms with Crippen LogP contribution >= 0.6 is 0 Å². The molecule has 0 bridgehead atoms. The van der Waals surface area contributed by atoms with E-state index >= 15 is 0 Å². The van der Waals surface area contributed by atoms with E-state index in [1.54, 1.807) is 30.3 Å². The summed E-state index contributed by atoms with van der Waals surface area (Å²) in [5, 5.41) is 13.5. The smallest absolute Gasteiger partial charge is 0.264 e. The Kier molecular flexibility index (Phi) is 7.75. The van der Waals surface area contributed by atoms with Gasteiger partial charge in [-0.05, 0) is 67.1 Å². The number of hydrazone groups is 1. The maximum atomic E-state index is 13.4.